The molecule has 0 aliphatic carbocycles. The number of carbonyl (C=O) groups is 1. The van der Waals surface area contributed by atoms with Crippen LogP contribution in [0.4, 0.5) is 5.82 Å². The fourth-order valence-electron chi connectivity index (χ4n) is 3.99. The molecule has 2 heterocycles. The van der Waals surface area contributed by atoms with Gasteiger partial charge in [0.05, 0.1) is 19.2 Å². The van der Waals surface area contributed by atoms with Gasteiger partial charge in [-0.2, -0.15) is 5.26 Å². The number of aromatic nitrogens is 1. The number of hydrogen-bond acceptors (Lipinski definition) is 6. The molecule has 31 heavy (non-hydrogen) atoms. The van der Waals surface area contributed by atoms with Gasteiger partial charge in [-0.15, -0.1) is 0 Å². The lowest BCUT2D eigenvalue weighted by atomic mass is 9.92. The van der Waals surface area contributed by atoms with Crippen molar-refractivity contribution in [1.29, 1.82) is 5.26 Å². The Morgan fingerprint density at radius 1 is 1.42 bits per heavy atom. The molecule has 0 spiro atoms. The summed E-state index contributed by atoms with van der Waals surface area (Å²) in [6, 6.07) is 11.9. The third-order valence-electron chi connectivity index (χ3n) is 5.72. The first kappa shape index (κ1) is 22.3. The quantitative estimate of drug-likeness (QED) is 0.741. The zero-order chi connectivity index (χ0) is 22.4. The van der Waals surface area contributed by atoms with Gasteiger partial charge in [-0.05, 0) is 51.0 Å². The Labute approximate surface area is 183 Å². The van der Waals surface area contributed by atoms with Crippen molar-refractivity contribution < 1.29 is 9.53 Å². The van der Waals surface area contributed by atoms with Crippen molar-refractivity contribution in [3.63, 3.8) is 0 Å². The van der Waals surface area contributed by atoms with Gasteiger partial charge in [0, 0.05) is 42.8 Å². The Bertz CT molecular complexity index is 994. The number of hydrogen-bond donors (Lipinski definition) is 1. The normalized spacial score (nSPS) is 16.2. The zero-order valence-electron chi connectivity index (χ0n) is 18.6. The molecule has 0 saturated heterocycles. The first-order valence-corrected chi connectivity index (χ1v) is 10.5. The van der Waals surface area contributed by atoms with Crippen molar-refractivity contribution in [3.05, 3.63) is 65.1 Å². The predicted molar refractivity (Wildman–Crippen MR) is 121 cm³/mol. The maximum atomic E-state index is 12.6. The van der Waals surface area contributed by atoms with Crippen LogP contribution in [0.2, 0.25) is 0 Å². The van der Waals surface area contributed by atoms with E-state index in [2.05, 4.69) is 34.3 Å². The number of benzene rings is 1. The van der Waals surface area contributed by atoms with Crippen LogP contribution < -0.4 is 15.0 Å². The minimum absolute atomic E-state index is 0.0543. The lowest BCUT2D eigenvalue weighted by Gasteiger charge is -2.35. The van der Waals surface area contributed by atoms with E-state index in [1.165, 1.54) is 11.1 Å². The molecule has 2 aromatic rings. The van der Waals surface area contributed by atoms with Crippen molar-refractivity contribution in [2.75, 3.05) is 31.6 Å². The van der Waals surface area contributed by atoms with Gasteiger partial charge in [-0.3, -0.25) is 9.69 Å². The number of nitrogens with one attached hydrogen (secondary N) is 1. The van der Waals surface area contributed by atoms with Crippen molar-refractivity contribution in [3.8, 4) is 11.8 Å². The summed E-state index contributed by atoms with van der Waals surface area (Å²) < 4.78 is 5.49. The SMILES string of the molecule is CCN(/C(C)=C/NC(=O)CN1CCc2c(OC)cccc2C1C)c1ccc(C#N)cn1. The number of anilines is 1. The maximum Gasteiger partial charge on any atom is 0.238 e. The van der Waals surface area contributed by atoms with Gasteiger partial charge < -0.3 is 15.0 Å². The molecule has 1 amide bonds. The van der Waals surface area contributed by atoms with E-state index in [4.69, 9.17) is 10.00 Å². The van der Waals surface area contributed by atoms with E-state index >= 15 is 0 Å². The third kappa shape index (κ3) is 5.04. The van der Waals surface area contributed by atoms with Crippen molar-refractivity contribution in [1.82, 2.24) is 15.2 Å². The molecule has 0 fully saturated rings. The average Bonchev–Trinajstić information content (AvgIpc) is 2.80. The van der Waals surface area contributed by atoms with Crippen molar-refractivity contribution >= 4 is 11.7 Å². The molecule has 1 aromatic carbocycles. The Hall–Kier alpha value is -3.37. The van der Waals surface area contributed by atoms with Crippen LogP contribution in [-0.2, 0) is 11.2 Å². The molecule has 0 saturated carbocycles. The van der Waals surface area contributed by atoms with Gasteiger partial charge in [0.15, 0.2) is 0 Å². The highest BCUT2D eigenvalue weighted by molar-refractivity contribution is 5.79. The predicted octanol–water partition coefficient (Wildman–Crippen LogP) is 3.38. The fourth-order valence-corrected chi connectivity index (χ4v) is 3.99. The Kier molecular flexibility index (Phi) is 7.27. The number of pyridine rings is 1. The summed E-state index contributed by atoms with van der Waals surface area (Å²) in [6.45, 7) is 7.89. The van der Waals surface area contributed by atoms with Crippen LogP contribution in [-0.4, -0.2) is 42.5 Å². The third-order valence-corrected chi connectivity index (χ3v) is 5.72. The van der Waals surface area contributed by atoms with Crippen LogP contribution in [0.1, 0.15) is 43.5 Å². The van der Waals surface area contributed by atoms with Crippen LogP contribution >= 0.6 is 0 Å². The second-order valence-electron chi connectivity index (χ2n) is 7.54. The Morgan fingerprint density at radius 2 is 2.23 bits per heavy atom. The number of ether oxygens (including phenoxy) is 1. The molecule has 1 N–H and O–H groups in total. The standard InChI is InChI=1S/C24H29N5O2/c1-5-29(23-10-9-19(13-25)15-26-23)17(2)14-27-24(30)16-28-12-11-21-20(18(28)3)7-6-8-22(21)31-4/h6-10,14-15,18H,5,11-12,16H2,1-4H3,(H,27,30)/b17-14+. The van der Waals surface area contributed by atoms with Crippen LogP contribution in [0.15, 0.2) is 48.4 Å². The van der Waals surface area contributed by atoms with Crippen LogP contribution in [0, 0.1) is 11.3 Å². The summed E-state index contributed by atoms with van der Waals surface area (Å²) >= 11 is 0. The van der Waals surface area contributed by atoms with Gasteiger partial charge in [0.2, 0.25) is 5.91 Å². The molecule has 1 aliphatic rings. The van der Waals surface area contributed by atoms with Crippen LogP contribution in [0.25, 0.3) is 0 Å². The first-order chi connectivity index (χ1) is 15.0. The summed E-state index contributed by atoms with van der Waals surface area (Å²) in [5, 5.41) is 11.9. The number of rotatable bonds is 7. The van der Waals surface area contributed by atoms with E-state index in [0.29, 0.717) is 18.7 Å². The Balaban J connectivity index is 1.63. The highest BCUT2D eigenvalue weighted by Crippen LogP contribution is 2.34. The minimum Gasteiger partial charge on any atom is -0.496 e. The molecule has 1 aromatic heterocycles. The molecule has 7 heteroatoms. The average molecular weight is 420 g/mol. The molecule has 1 unspecified atom stereocenters. The molecule has 0 radical (unpaired) electrons. The highest BCUT2D eigenvalue weighted by Gasteiger charge is 2.27. The minimum atomic E-state index is -0.0543. The number of nitriles is 1. The molecule has 3 rings (SSSR count). The monoisotopic (exact) mass is 419 g/mol. The molecule has 1 aliphatic heterocycles. The first-order valence-electron chi connectivity index (χ1n) is 10.5. The van der Waals surface area contributed by atoms with Gasteiger partial charge in [0.1, 0.15) is 17.6 Å². The summed E-state index contributed by atoms with van der Waals surface area (Å²) in [5.41, 5.74) is 3.84. The van der Waals surface area contributed by atoms with E-state index in [-0.39, 0.29) is 11.9 Å². The number of fused-ring (bicyclic) bond motifs is 1. The molecule has 1 atom stereocenters. The van der Waals surface area contributed by atoms with E-state index in [1.807, 2.05) is 36.9 Å². The largest absolute Gasteiger partial charge is 0.496 e. The highest BCUT2D eigenvalue weighted by atomic mass is 16.5. The van der Waals surface area contributed by atoms with Crippen molar-refractivity contribution in [2.45, 2.75) is 33.2 Å². The number of nitrogens with zero attached hydrogens (tertiary/aromatic N) is 4. The molecule has 7 nitrogen and oxygen atoms in total. The lowest BCUT2D eigenvalue weighted by molar-refractivity contribution is -0.121. The van der Waals surface area contributed by atoms with Crippen molar-refractivity contribution in [2.24, 2.45) is 0 Å². The number of carbonyl (C=O) groups excluding carboxylic acids is 1. The van der Waals surface area contributed by atoms with E-state index in [0.717, 1.165) is 30.2 Å². The fraction of sp³-hybridized carbons (Fsp3) is 0.375. The summed E-state index contributed by atoms with van der Waals surface area (Å²) in [4.78, 5) is 21.1. The van der Waals surface area contributed by atoms with E-state index < -0.39 is 0 Å². The second-order valence-corrected chi connectivity index (χ2v) is 7.54. The summed E-state index contributed by atoms with van der Waals surface area (Å²) in [7, 11) is 1.70. The van der Waals surface area contributed by atoms with E-state index in [9.17, 15) is 4.79 Å². The molecular formula is C24H29N5O2. The van der Waals surface area contributed by atoms with Crippen LogP contribution in [0.3, 0.4) is 0 Å². The van der Waals surface area contributed by atoms with Gasteiger partial charge in [0.25, 0.3) is 0 Å². The van der Waals surface area contributed by atoms with Crippen LogP contribution in [0.5, 0.6) is 5.75 Å². The number of allylic oxidation sites excluding steroid dienone is 1. The van der Waals surface area contributed by atoms with Gasteiger partial charge in [-0.1, -0.05) is 12.1 Å². The van der Waals surface area contributed by atoms with Gasteiger partial charge in [-0.25, -0.2) is 4.98 Å². The summed E-state index contributed by atoms with van der Waals surface area (Å²) in [6.07, 6.45) is 4.13. The smallest absolute Gasteiger partial charge is 0.238 e. The molecule has 0 bridgehead atoms. The lowest BCUT2D eigenvalue weighted by Crippen LogP contribution is -2.41. The van der Waals surface area contributed by atoms with Gasteiger partial charge >= 0.3 is 0 Å². The second kappa shape index (κ2) is 10.1. The van der Waals surface area contributed by atoms with E-state index in [1.54, 1.807) is 25.6 Å². The summed E-state index contributed by atoms with van der Waals surface area (Å²) in [5.74, 6) is 1.60. The molecular weight excluding hydrogens is 390 g/mol. The number of methoxy groups -OCH3 is 1. The maximum absolute atomic E-state index is 12.6. The topological polar surface area (TPSA) is 81.5 Å². The number of amides is 1. The molecule has 162 valence electrons. The zero-order valence-corrected chi connectivity index (χ0v) is 18.6. The Morgan fingerprint density at radius 3 is 2.87 bits per heavy atom.